The van der Waals surface area contributed by atoms with Crippen LogP contribution in [-0.2, 0) is 10.5 Å². The fraction of sp³-hybridized carbons (Fsp3) is 0.222. The molecule has 0 aliphatic carbocycles. The van der Waals surface area contributed by atoms with Crippen molar-refractivity contribution in [2.45, 2.75) is 39.0 Å². The van der Waals surface area contributed by atoms with E-state index in [1.54, 1.807) is 17.4 Å². The van der Waals surface area contributed by atoms with Gasteiger partial charge in [-0.1, -0.05) is 41.6 Å². The third-order valence-corrected chi connectivity index (χ3v) is 9.09. The molecule has 1 amide bonds. The number of fused-ring (bicyclic) bond motifs is 4. The maximum absolute atomic E-state index is 13.3. The second-order valence-corrected chi connectivity index (χ2v) is 11.7. The number of carbonyl (C=O) groups excluding carboxylic acids is 2. The summed E-state index contributed by atoms with van der Waals surface area (Å²) >= 11 is 9.13. The van der Waals surface area contributed by atoms with Crippen molar-refractivity contribution in [2.24, 2.45) is 4.99 Å². The number of halogens is 1. The van der Waals surface area contributed by atoms with E-state index in [2.05, 4.69) is 29.4 Å². The molecule has 0 bridgehead atoms. The lowest BCUT2D eigenvalue weighted by Gasteiger charge is -2.13. The normalized spacial score (nSPS) is 16.1. The van der Waals surface area contributed by atoms with Gasteiger partial charge in [0.1, 0.15) is 16.9 Å². The zero-order valence-electron chi connectivity index (χ0n) is 20.3. The quantitative estimate of drug-likeness (QED) is 0.328. The minimum Gasteiger partial charge on any atom is -0.326 e. The average molecular weight is 548 g/mol. The van der Waals surface area contributed by atoms with E-state index in [0.29, 0.717) is 27.9 Å². The summed E-state index contributed by atoms with van der Waals surface area (Å²) < 4.78 is 2.02. The summed E-state index contributed by atoms with van der Waals surface area (Å²) in [5.41, 5.74) is 6.13. The summed E-state index contributed by atoms with van der Waals surface area (Å²) in [5.74, 6) is 1.82. The van der Waals surface area contributed by atoms with Gasteiger partial charge in [-0.15, -0.1) is 21.5 Å². The zero-order chi connectivity index (χ0) is 25.8. The van der Waals surface area contributed by atoms with E-state index in [1.165, 1.54) is 16.6 Å². The number of thioether (sulfide) groups is 1. The lowest BCUT2D eigenvalue weighted by molar-refractivity contribution is -0.116. The van der Waals surface area contributed by atoms with Crippen LogP contribution in [0, 0.1) is 20.8 Å². The van der Waals surface area contributed by atoms with Crippen molar-refractivity contribution in [1.82, 2.24) is 14.8 Å². The Morgan fingerprint density at radius 3 is 2.70 bits per heavy atom. The molecule has 0 saturated carbocycles. The van der Waals surface area contributed by atoms with Gasteiger partial charge in [0.2, 0.25) is 11.0 Å². The largest absolute Gasteiger partial charge is 0.326 e. The molecule has 0 spiro atoms. The van der Waals surface area contributed by atoms with Crippen LogP contribution < -0.4 is 5.32 Å². The number of hydrogen-bond acceptors (Lipinski definition) is 7. The number of amides is 1. The second kappa shape index (κ2) is 9.24. The molecule has 1 N–H and O–H groups in total. The van der Waals surface area contributed by atoms with Crippen molar-refractivity contribution in [2.75, 3.05) is 5.32 Å². The molecule has 1 atom stereocenters. The Morgan fingerprint density at radius 2 is 1.92 bits per heavy atom. The molecule has 186 valence electrons. The van der Waals surface area contributed by atoms with E-state index in [1.807, 2.05) is 47.9 Å². The summed E-state index contributed by atoms with van der Waals surface area (Å²) in [6.45, 7) is 6.10. The van der Waals surface area contributed by atoms with Crippen LogP contribution in [0.5, 0.6) is 0 Å². The highest BCUT2D eigenvalue weighted by Gasteiger charge is 2.32. The summed E-state index contributed by atoms with van der Waals surface area (Å²) in [6, 6.07) is 12.5. The predicted molar refractivity (Wildman–Crippen MR) is 149 cm³/mol. The monoisotopic (exact) mass is 547 g/mol. The lowest BCUT2D eigenvalue weighted by atomic mass is 9.99. The van der Waals surface area contributed by atoms with Gasteiger partial charge in [0.15, 0.2) is 5.82 Å². The average Bonchev–Trinajstić information content (AvgIpc) is 3.50. The Bertz CT molecular complexity index is 1620. The third-order valence-electron chi connectivity index (χ3n) is 6.71. The van der Waals surface area contributed by atoms with E-state index in [9.17, 15) is 9.59 Å². The van der Waals surface area contributed by atoms with Gasteiger partial charge in [-0.3, -0.25) is 19.1 Å². The number of nitrogens with zero attached hydrogens (tertiary/aromatic N) is 4. The van der Waals surface area contributed by atoms with Crippen molar-refractivity contribution in [3.63, 3.8) is 0 Å². The number of anilines is 1. The number of aryl methyl sites for hydroxylation is 2. The lowest BCUT2D eigenvalue weighted by Crippen LogP contribution is -2.17. The van der Waals surface area contributed by atoms with Crippen LogP contribution in [0.4, 0.5) is 5.69 Å². The molecule has 6 rings (SSSR count). The minimum absolute atomic E-state index is 0.0347. The predicted octanol–water partition coefficient (Wildman–Crippen LogP) is 6.22. The van der Waals surface area contributed by atoms with Gasteiger partial charge in [-0.2, -0.15) is 0 Å². The van der Waals surface area contributed by atoms with Gasteiger partial charge < -0.3 is 5.32 Å². The molecule has 0 fully saturated rings. The molecule has 4 aromatic rings. The minimum atomic E-state index is -0.558. The smallest absolute Gasteiger partial charge is 0.227 e. The number of nitrogens with one attached hydrogen (secondary N) is 1. The summed E-state index contributed by atoms with van der Waals surface area (Å²) in [5, 5.41) is 13.4. The Labute approximate surface area is 227 Å². The first-order valence-corrected chi connectivity index (χ1v) is 13.9. The van der Waals surface area contributed by atoms with E-state index < -0.39 is 6.04 Å². The van der Waals surface area contributed by atoms with E-state index in [4.69, 9.17) is 16.6 Å². The number of thiophene rings is 1. The van der Waals surface area contributed by atoms with Gasteiger partial charge in [-0.05, 0) is 56.2 Å². The molecular weight excluding hydrogens is 526 g/mol. The molecule has 10 heteroatoms. The van der Waals surface area contributed by atoms with E-state index in [0.717, 1.165) is 38.8 Å². The van der Waals surface area contributed by atoms with Crippen LogP contribution in [0.25, 0.3) is 5.00 Å². The van der Waals surface area contributed by atoms with E-state index in [-0.39, 0.29) is 17.4 Å². The number of rotatable bonds is 4. The second-order valence-electron chi connectivity index (χ2n) is 9.10. The first-order valence-electron chi connectivity index (χ1n) is 11.8. The molecule has 2 aliphatic rings. The Hall–Kier alpha value is -3.27. The number of aromatic nitrogens is 3. The molecule has 2 aromatic heterocycles. The maximum atomic E-state index is 13.3. The highest BCUT2D eigenvalue weighted by Crippen LogP contribution is 2.40. The molecule has 4 heterocycles. The SMILES string of the molecule is Cc1sc2c(c1C)C(c1ccc(Cl)cc1)=N[C@@H](CC(=O)Nc1ccc3c(c1)C(=O)SC3)c1nnc(C)n1-2. The van der Waals surface area contributed by atoms with Crippen molar-refractivity contribution in [1.29, 1.82) is 0 Å². The topological polar surface area (TPSA) is 89.2 Å². The van der Waals surface area contributed by atoms with Crippen molar-refractivity contribution in [3.8, 4) is 5.00 Å². The van der Waals surface area contributed by atoms with Gasteiger partial charge in [0, 0.05) is 38.0 Å². The Kier molecular flexibility index (Phi) is 6.01. The first-order chi connectivity index (χ1) is 17.8. The number of carbonyl (C=O) groups is 2. The highest BCUT2D eigenvalue weighted by atomic mass is 35.5. The molecule has 7 nitrogen and oxygen atoms in total. The van der Waals surface area contributed by atoms with Crippen molar-refractivity contribution in [3.05, 3.63) is 91.8 Å². The van der Waals surface area contributed by atoms with E-state index >= 15 is 0 Å². The summed E-state index contributed by atoms with van der Waals surface area (Å²) in [6.07, 6.45) is 0.0714. The third kappa shape index (κ3) is 4.21. The number of benzene rings is 2. The maximum Gasteiger partial charge on any atom is 0.227 e. The number of hydrogen-bond donors (Lipinski definition) is 1. The van der Waals surface area contributed by atoms with Crippen molar-refractivity contribution < 1.29 is 9.59 Å². The van der Waals surface area contributed by atoms with Crippen LogP contribution in [-0.4, -0.2) is 31.5 Å². The molecule has 2 aromatic carbocycles. The standard InChI is InChI=1S/C27H22ClN5O2S2/c1-13-14(2)37-26-23(13)24(16-4-7-18(28)8-5-16)30-21(25-32-31-15(3)33(25)26)11-22(34)29-19-9-6-17-12-36-27(35)20(17)10-19/h4-10,21H,11-12H2,1-3H3,(H,29,34)/t21-/m0/s1. The Morgan fingerprint density at radius 1 is 1.14 bits per heavy atom. The Balaban J connectivity index is 1.41. The molecule has 0 radical (unpaired) electrons. The molecular formula is C27H22ClN5O2S2. The molecule has 0 unspecified atom stereocenters. The molecule has 37 heavy (non-hydrogen) atoms. The van der Waals surface area contributed by atoms with Crippen LogP contribution in [0.3, 0.4) is 0 Å². The molecule has 0 saturated heterocycles. The summed E-state index contributed by atoms with van der Waals surface area (Å²) in [4.78, 5) is 31.7. The van der Waals surface area contributed by atoms with Crippen LogP contribution in [0.2, 0.25) is 5.02 Å². The molecule has 2 aliphatic heterocycles. The van der Waals surface area contributed by atoms with Crippen LogP contribution in [0.15, 0.2) is 47.5 Å². The summed E-state index contributed by atoms with van der Waals surface area (Å²) in [7, 11) is 0. The van der Waals surface area contributed by atoms with Gasteiger partial charge in [-0.25, -0.2) is 0 Å². The number of aliphatic imine (C=N–C) groups is 1. The zero-order valence-corrected chi connectivity index (χ0v) is 22.7. The van der Waals surface area contributed by atoms with Gasteiger partial charge in [0.05, 0.1) is 12.1 Å². The fourth-order valence-electron chi connectivity index (χ4n) is 4.71. The van der Waals surface area contributed by atoms with Gasteiger partial charge in [0.25, 0.3) is 0 Å². The first kappa shape index (κ1) is 24.1. The fourth-order valence-corrected chi connectivity index (χ4v) is 6.94. The van der Waals surface area contributed by atoms with Crippen LogP contribution in [0.1, 0.15) is 61.6 Å². The van der Waals surface area contributed by atoms with Gasteiger partial charge >= 0.3 is 0 Å². The van der Waals surface area contributed by atoms with Crippen LogP contribution >= 0.6 is 34.7 Å². The highest BCUT2D eigenvalue weighted by molar-refractivity contribution is 8.13. The van der Waals surface area contributed by atoms with Crippen molar-refractivity contribution >= 4 is 57.1 Å².